The largest absolute Gasteiger partial charge is 0.505 e. The van der Waals surface area contributed by atoms with Crippen molar-refractivity contribution in [2.45, 2.75) is 32.5 Å². The minimum Gasteiger partial charge on any atom is -0.505 e. The number of carbonyl (C=O) groups excluding carboxylic acids is 2. The van der Waals surface area contributed by atoms with Crippen LogP contribution in [0.2, 0.25) is 10.0 Å². The van der Waals surface area contributed by atoms with Crippen LogP contribution >= 0.6 is 23.2 Å². The zero-order chi connectivity index (χ0) is 23.1. The van der Waals surface area contributed by atoms with Gasteiger partial charge in [-0.25, -0.2) is 4.79 Å². The molecule has 0 radical (unpaired) electrons. The number of phenolic OH excluding ortho intramolecular Hbond substituents is 1. The van der Waals surface area contributed by atoms with E-state index in [1.165, 1.54) is 27.0 Å². The summed E-state index contributed by atoms with van der Waals surface area (Å²) in [4.78, 5) is 26.0. The molecule has 0 bridgehead atoms. The molecule has 0 saturated carbocycles. The lowest BCUT2D eigenvalue weighted by Crippen LogP contribution is -2.57. The van der Waals surface area contributed by atoms with Gasteiger partial charge in [0.15, 0.2) is 17.1 Å². The van der Waals surface area contributed by atoms with Gasteiger partial charge in [-0.3, -0.25) is 4.79 Å². The summed E-state index contributed by atoms with van der Waals surface area (Å²) in [6, 6.07) is 0. The molecular weight excluding hydrogens is 447 g/mol. The van der Waals surface area contributed by atoms with Crippen LogP contribution in [-0.4, -0.2) is 47.4 Å². The quantitative estimate of drug-likeness (QED) is 0.645. The van der Waals surface area contributed by atoms with Crippen molar-refractivity contribution >= 4 is 35.0 Å². The Kier molecular flexibility index (Phi) is 6.41. The van der Waals surface area contributed by atoms with Crippen LogP contribution in [0.3, 0.4) is 0 Å². The van der Waals surface area contributed by atoms with E-state index in [4.69, 9.17) is 37.4 Å². The van der Waals surface area contributed by atoms with Gasteiger partial charge in [0.25, 0.3) is 0 Å². The summed E-state index contributed by atoms with van der Waals surface area (Å²) in [5.74, 6) is -2.15. The average Bonchev–Trinajstić information content (AvgIpc) is 2.73. The third kappa shape index (κ3) is 3.82. The summed E-state index contributed by atoms with van der Waals surface area (Å²) in [6.07, 6.45) is 5.20. The number of ketones is 1. The number of phenols is 1. The molecular formula is C22H22Cl2O7. The Morgan fingerprint density at radius 1 is 1.32 bits per heavy atom. The van der Waals surface area contributed by atoms with Crippen LogP contribution in [-0.2, 0) is 14.3 Å². The molecule has 0 amide bonds. The topological polar surface area (TPSA) is 102 Å². The molecule has 1 aliphatic heterocycles. The smallest absolute Gasteiger partial charge is 0.343 e. The summed E-state index contributed by atoms with van der Waals surface area (Å²) in [5, 5.41) is 20.6. The molecule has 1 heterocycles. The fourth-order valence-electron chi connectivity index (χ4n) is 3.67. The van der Waals surface area contributed by atoms with Gasteiger partial charge in [0, 0.05) is 5.92 Å². The van der Waals surface area contributed by atoms with E-state index >= 15 is 0 Å². The highest BCUT2D eigenvalue weighted by molar-refractivity contribution is 6.39. The van der Waals surface area contributed by atoms with Crippen LogP contribution in [0.1, 0.15) is 29.8 Å². The second-order valence-electron chi connectivity index (χ2n) is 7.42. The number of hydrogen-bond donors (Lipinski definition) is 2. The standard InChI is InChI=1S/C22H22Cl2O7/c1-5-6-12-7-11-8-14(25)22(3,20(27)13(11)9-30-12)31-21(28)15-10(2)16(23)18(26)17(24)19(15)29-4/h5-8,13,20,26-27H,9H2,1-4H3. The first-order valence-electron chi connectivity index (χ1n) is 9.45. The van der Waals surface area contributed by atoms with Gasteiger partial charge in [0.2, 0.25) is 5.78 Å². The SMILES string of the molecule is CC=CC1=CC2=CC(=O)C(C)(OC(=O)c3c(C)c(Cl)c(O)c(Cl)c3OC)C(O)C2CO1. The molecule has 31 heavy (non-hydrogen) atoms. The van der Waals surface area contributed by atoms with Gasteiger partial charge in [0.05, 0.1) is 18.7 Å². The number of allylic oxidation sites excluding steroid dienone is 3. The molecule has 2 aliphatic rings. The maximum atomic E-state index is 13.1. The minimum atomic E-state index is -1.88. The van der Waals surface area contributed by atoms with Crippen LogP contribution in [0.25, 0.3) is 0 Å². The number of halogens is 2. The molecule has 1 aliphatic carbocycles. The van der Waals surface area contributed by atoms with Gasteiger partial charge in [-0.15, -0.1) is 0 Å². The molecule has 0 fully saturated rings. The predicted octanol–water partition coefficient (Wildman–Crippen LogP) is 3.91. The van der Waals surface area contributed by atoms with E-state index in [1.54, 1.807) is 18.2 Å². The maximum Gasteiger partial charge on any atom is 0.343 e. The Bertz CT molecular complexity index is 1040. The number of esters is 1. The number of aromatic hydroxyl groups is 1. The summed E-state index contributed by atoms with van der Waals surface area (Å²) in [5.41, 5.74) is -1.28. The van der Waals surface area contributed by atoms with Gasteiger partial charge in [-0.2, -0.15) is 0 Å². The number of hydrogen-bond acceptors (Lipinski definition) is 7. The molecule has 3 unspecified atom stereocenters. The fraction of sp³-hybridized carbons (Fsp3) is 0.364. The molecule has 1 aromatic carbocycles. The highest BCUT2D eigenvalue weighted by atomic mass is 35.5. The van der Waals surface area contributed by atoms with Crippen molar-refractivity contribution in [3.05, 3.63) is 56.8 Å². The predicted molar refractivity (Wildman–Crippen MR) is 115 cm³/mol. The molecule has 166 valence electrons. The van der Waals surface area contributed by atoms with Crippen LogP contribution in [0, 0.1) is 12.8 Å². The van der Waals surface area contributed by atoms with Crippen molar-refractivity contribution in [1.82, 2.24) is 0 Å². The van der Waals surface area contributed by atoms with Crippen molar-refractivity contribution in [2.24, 2.45) is 5.92 Å². The fourth-order valence-corrected chi connectivity index (χ4v) is 4.17. The van der Waals surface area contributed by atoms with E-state index in [-0.39, 0.29) is 33.5 Å². The Morgan fingerprint density at radius 3 is 2.61 bits per heavy atom. The maximum absolute atomic E-state index is 13.1. The Balaban J connectivity index is 2.00. The summed E-state index contributed by atoms with van der Waals surface area (Å²) >= 11 is 12.1. The second kappa shape index (κ2) is 8.57. The van der Waals surface area contributed by atoms with Crippen LogP contribution < -0.4 is 4.74 Å². The van der Waals surface area contributed by atoms with E-state index in [0.717, 1.165) is 0 Å². The van der Waals surface area contributed by atoms with Crippen LogP contribution in [0.4, 0.5) is 0 Å². The number of methoxy groups -OCH3 is 1. The lowest BCUT2D eigenvalue weighted by molar-refractivity contribution is -0.152. The molecule has 0 aromatic heterocycles. The molecule has 3 rings (SSSR count). The van der Waals surface area contributed by atoms with E-state index in [0.29, 0.717) is 11.3 Å². The summed E-state index contributed by atoms with van der Waals surface area (Å²) in [7, 11) is 1.26. The van der Waals surface area contributed by atoms with E-state index in [9.17, 15) is 19.8 Å². The monoisotopic (exact) mass is 468 g/mol. The summed E-state index contributed by atoms with van der Waals surface area (Å²) < 4.78 is 16.3. The molecule has 0 spiro atoms. The highest BCUT2D eigenvalue weighted by Gasteiger charge is 2.52. The normalized spacial score (nSPS) is 25.5. The number of fused-ring (bicyclic) bond motifs is 1. The van der Waals surface area contributed by atoms with Gasteiger partial charge in [0.1, 0.15) is 22.4 Å². The van der Waals surface area contributed by atoms with Crippen LogP contribution in [0.15, 0.2) is 35.6 Å². The molecule has 2 N–H and O–H groups in total. The zero-order valence-electron chi connectivity index (χ0n) is 17.4. The van der Waals surface area contributed by atoms with Crippen molar-refractivity contribution in [3.8, 4) is 11.5 Å². The minimum absolute atomic E-state index is 0.114. The number of ether oxygens (including phenoxy) is 3. The van der Waals surface area contributed by atoms with E-state index in [2.05, 4.69) is 0 Å². The Labute approximate surface area is 189 Å². The molecule has 9 heteroatoms. The molecule has 3 atom stereocenters. The first kappa shape index (κ1) is 23.2. The van der Waals surface area contributed by atoms with E-state index < -0.39 is 35.1 Å². The third-order valence-corrected chi connectivity index (χ3v) is 6.30. The van der Waals surface area contributed by atoms with E-state index in [1.807, 2.05) is 6.92 Å². The van der Waals surface area contributed by atoms with Gasteiger partial charge in [-0.05, 0) is 50.1 Å². The Hall–Kier alpha value is -2.48. The molecule has 0 saturated heterocycles. The number of benzene rings is 1. The second-order valence-corrected chi connectivity index (χ2v) is 8.18. The third-order valence-electron chi connectivity index (χ3n) is 5.49. The van der Waals surface area contributed by atoms with Crippen molar-refractivity contribution in [3.63, 3.8) is 0 Å². The van der Waals surface area contributed by atoms with Gasteiger partial charge >= 0.3 is 5.97 Å². The van der Waals surface area contributed by atoms with Crippen molar-refractivity contribution in [1.29, 1.82) is 0 Å². The number of aliphatic hydroxyl groups is 1. The number of carbonyl (C=O) groups is 2. The highest BCUT2D eigenvalue weighted by Crippen LogP contribution is 2.45. The lowest BCUT2D eigenvalue weighted by atomic mass is 9.74. The van der Waals surface area contributed by atoms with Crippen LogP contribution in [0.5, 0.6) is 11.5 Å². The number of rotatable bonds is 4. The van der Waals surface area contributed by atoms with Crippen molar-refractivity contribution in [2.75, 3.05) is 13.7 Å². The average molecular weight is 469 g/mol. The molecule has 1 aromatic rings. The number of aliphatic hydroxyl groups excluding tert-OH is 1. The van der Waals surface area contributed by atoms with Gasteiger partial charge < -0.3 is 24.4 Å². The summed E-state index contributed by atoms with van der Waals surface area (Å²) in [6.45, 7) is 4.75. The lowest BCUT2D eigenvalue weighted by Gasteiger charge is -2.41. The Morgan fingerprint density at radius 2 is 2.00 bits per heavy atom. The first-order valence-corrected chi connectivity index (χ1v) is 10.2. The van der Waals surface area contributed by atoms with Gasteiger partial charge in [-0.1, -0.05) is 29.3 Å². The zero-order valence-corrected chi connectivity index (χ0v) is 18.9. The molecule has 7 nitrogen and oxygen atoms in total. The van der Waals surface area contributed by atoms with Crippen molar-refractivity contribution < 1.29 is 34.0 Å². The first-order chi connectivity index (χ1) is 14.6.